The number of hydrazine groups is 1. The van der Waals surface area contributed by atoms with Crippen molar-refractivity contribution in [3.05, 3.63) is 33.8 Å². The first kappa shape index (κ1) is 15.9. The summed E-state index contributed by atoms with van der Waals surface area (Å²) in [6.07, 6.45) is -6.25. The van der Waals surface area contributed by atoms with Crippen LogP contribution in [-0.2, 0) is 11.3 Å². The summed E-state index contributed by atoms with van der Waals surface area (Å²) in [5.41, 5.74) is 2.76. The zero-order valence-electron chi connectivity index (χ0n) is 9.92. The molecule has 1 atom stereocenters. The molecular formula is C11H12BrF3N2O2. The number of halogens is 4. The highest BCUT2D eigenvalue weighted by atomic mass is 79.9. The lowest BCUT2D eigenvalue weighted by molar-refractivity contribution is -0.217. The van der Waals surface area contributed by atoms with Crippen LogP contribution >= 0.6 is 15.9 Å². The van der Waals surface area contributed by atoms with Gasteiger partial charge in [-0.2, -0.15) is 13.2 Å². The van der Waals surface area contributed by atoms with E-state index in [1.807, 2.05) is 5.43 Å². The first-order chi connectivity index (χ1) is 8.75. The number of carbonyl (C=O) groups excluding carboxylic acids is 1. The Kier molecular flexibility index (Phi) is 5.33. The van der Waals surface area contributed by atoms with Gasteiger partial charge < -0.3 is 4.74 Å². The molecule has 0 bridgehead atoms. The summed E-state index contributed by atoms with van der Waals surface area (Å²) in [5.74, 6) is 4.48. The highest BCUT2D eigenvalue weighted by Crippen LogP contribution is 2.25. The summed E-state index contributed by atoms with van der Waals surface area (Å²) < 4.78 is 42.0. The molecule has 0 aromatic heterocycles. The average Bonchev–Trinajstić information content (AvgIpc) is 2.34. The molecule has 0 heterocycles. The van der Waals surface area contributed by atoms with Crippen LogP contribution in [0, 0.1) is 0 Å². The highest BCUT2D eigenvalue weighted by molar-refractivity contribution is 9.10. The van der Waals surface area contributed by atoms with E-state index < -0.39 is 18.2 Å². The van der Waals surface area contributed by atoms with Crippen LogP contribution in [0.4, 0.5) is 13.2 Å². The van der Waals surface area contributed by atoms with Crippen molar-refractivity contribution in [2.24, 2.45) is 5.84 Å². The summed E-state index contributed by atoms with van der Waals surface area (Å²) in [5, 5.41) is 0. The molecule has 1 amide bonds. The smallest absolute Gasteiger partial charge is 0.364 e. The topological polar surface area (TPSA) is 64.3 Å². The maximum atomic E-state index is 12.3. The first-order valence-electron chi connectivity index (χ1n) is 5.23. The van der Waals surface area contributed by atoms with Crippen LogP contribution < -0.4 is 11.3 Å². The molecule has 19 heavy (non-hydrogen) atoms. The largest absolute Gasteiger partial charge is 0.414 e. The maximum absolute atomic E-state index is 12.3. The van der Waals surface area contributed by atoms with E-state index >= 15 is 0 Å². The van der Waals surface area contributed by atoms with Gasteiger partial charge in [0, 0.05) is 10.0 Å². The Bertz CT molecular complexity index is 466. The van der Waals surface area contributed by atoms with Gasteiger partial charge in [0.1, 0.15) is 0 Å². The molecule has 3 N–H and O–H groups in total. The molecule has 1 rings (SSSR count). The molecule has 0 radical (unpaired) electrons. The zero-order chi connectivity index (χ0) is 14.6. The van der Waals surface area contributed by atoms with Gasteiger partial charge in [-0.05, 0) is 24.6 Å². The van der Waals surface area contributed by atoms with Crippen molar-refractivity contribution in [1.82, 2.24) is 5.43 Å². The van der Waals surface area contributed by atoms with Gasteiger partial charge in [0.15, 0.2) is 6.10 Å². The van der Waals surface area contributed by atoms with E-state index in [9.17, 15) is 18.0 Å². The number of ether oxygens (including phenoxy) is 1. The third-order valence-corrected chi connectivity index (χ3v) is 3.13. The molecule has 0 saturated heterocycles. The number of nitrogen functional groups attached to an aromatic ring is 1. The molecule has 0 aliphatic heterocycles. The number of hydrogen-bond acceptors (Lipinski definition) is 3. The third kappa shape index (κ3) is 4.48. The second-order valence-corrected chi connectivity index (χ2v) is 4.63. The predicted molar refractivity (Wildman–Crippen MR) is 66.1 cm³/mol. The lowest BCUT2D eigenvalue weighted by Crippen LogP contribution is -2.30. The van der Waals surface area contributed by atoms with E-state index in [0.29, 0.717) is 15.6 Å². The molecule has 1 unspecified atom stereocenters. The monoisotopic (exact) mass is 340 g/mol. The molecule has 4 nitrogen and oxygen atoms in total. The van der Waals surface area contributed by atoms with Crippen LogP contribution in [0.25, 0.3) is 0 Å². The van der Waals surface area contributed by atoms with Gasteiger partial charge in [0.05, 0.1) is 6.61 Å². The van der Waals surface area contributed by atoms with Crippen LogP contribution in [0.15, 0.2) is 22.7 Å². The standard InChI is InChI=1S/C11H12BrF3N2O2/c1-6(11(13,14)15)19-5-8-3-2-7(4-9(8)12)10(18)17-16/h2-4,6H,5,16H2,1H3,(H,17,18). The van der Waals surface area contributed by atoms with Crippen molar-refractivity contribution in [2.75, 3.05) is 0 Å². The first-order valence-corrected chi connectivity index (χ1v) is 6.02. The van der Waals surface area contributed by atoms with Crippen molar-refractivity contribution in [2.45, 2.75) is 25.8 Å². The zero-order valence-corrected chi connectivity index (χ0v) is 11.5. The van der Waals surface area contributed by atoms with E-state index in [4.69, 9.17) is 10.6 Å². The van der Waals surface area contributed by atoms with Gasteiger partial charge in [-0.3, -0.25) is 10.2 Å². The van der Waals surface area contributed by atoms with Crippen LogP contribution in [0.5, 0.6) is 0 Å². The molecule has 1 aromatic carbocycles. The van der Waals surface area contributed by atoms with E-state index in [1.165, 1.54) is 18.2 Å². The molecule has 0 saturated carbocycles. The minimum Gasteiger partial charge on any atom is -0.364 e. The molecule has 0 fully saturated rings. The quantitative estimate of drug-likeness (QED) is 0.503. The van der Waals surface area contributed by atoms with Crippen molar-refractivity contribution in [3.63, 3.8) is 0 Å². The number of hydrogen-bond donors (Lipinski definition) is 2. The SMILES string of the molecule is CC(OCc1ccc(C(=O)NN)cc1Br)C(F)(F)F. The number of alkyl halides is 3. The minimum atomic E-state index is -4.40. The third-order valence-electron chi connectivity index (χ3n) is 2.40. The van der Waals surface area contributed by atoms with Gasteiger partial charge >= 0.3 is 6.18 Å². The Morgan fingerprint density at radius 3 is 2.63 bits per heavy atom. The molecule has 1 aromatic rings. The molecule has 0 aliphatic carbocycles. The van der Waals surface area contributed by atoms with Crippen molar-refractivity contribution < 1.29 is 22.7 Å². The lowest BCUT2D eigenvalue weighted by Gasteiger charge is -2.17. The van der Waals surface area contributed by atoms with Crippen molar-refractivity contribution >= 4 is 21.8 Å². The summed E-state index contributed by atoms with van der Waals surface area (Å²) in [7, 11) is 0. The average molecular weight is 341 g/mol. The van der Waals surface area contributed by atoms with Crippen LogP contribution in [0.3, 0.4) is 0 Å². The predicted octanol–water partition coefficient (Wildman–Crippen LogP) is 2.52. The number of amides is 1. The molecule has 0 aliphatic rings. The van der Waals surface area contributed by atoms with Gasteiger partial charge in [-0.1, -0.05) is 22.0 Å². The number of carbonyl (C=O) groups is 1. The van der Waals surface area contributed by atoms with Gasteiger partial charge in [-0.15, -0.1) is 0 Å². The number of rotatable bonds is 4. The Hall–Kier alpha value is -1.12. The Balaban J connectivity index is 2.73. The number of nitrogens with one attached hydrogen (secondary N) is 1. The summed E-state index contributed by atoms with van der Waals surface area (Å²) >= 11 is 3.16. The van der Waals surface area contributed by atoms with Crippen LogP contribution in [0.1, 0.15) is 22.8 Å². The van der Waals surface area contributed by atoms with Gasteiger partial charge in [0.2, 0.25) is 0 Å². The fourth-order valence-corrected chi connectivity index (χ4v) is 1.69. The van der Waals surface area contributed by atoms with Gasteiger partial charge in [0.25, 0.3) is 5.91 Å². The Morgan fingerprint density at radius 1 is 1.53 bits per heavy atom. The molecule has 0 spiro atoms. The molecular weight excluding hydrogens is 329 g/mol. The summed E-state index contributed by atoms with van der Waals surface area (Å²) in [4.78, 5) is 11.2. The fraction of sp³-hybridized carbons (Fsp3) is 0.364. The Labute approximate surface area is 116 Å². The lowest BCUT2D eigenvalue weighted by atomic mass is 10.1. The fourth-order valence-electron chi connectivity index (χ4n) is 1.20. The van der Waals surface area contributed by atoms with Gasteiger partial charge in [-0.25, -0.2) is 5.84 Å². The summed E-state index contributed by atoms with van der Waals surface area (Å²) in [6, 6.07) is 4.40. The second kappa shape index (κ2) is 6.36. The van der Waals surface area contributed by atoms with E-state index in [-0.39, 0.29) is 6.61 Å². The van der Waals surface area contributed by atoms with E-state index in [0.717, 1.165) is 6.92 Å². The van der Waals surface area contributed by atoms with E-state index in [2.05, 4.69) is 15.9 Å². The summed E-state index contributed by atoms with van der Waals surface area (Å²) in [6.45, 7) is 0.718. The minimum absolute atomic E-state index is 0.216. The van der Waals surface area contributed by atoms with Crippen LogP contribution in [-0.4, -0.2) is 18.2 Å². The number of nitrogens with two attached hydrogens (primary N) is 1. The molecule has 8 heteroatoms. The second-order valence-electron chi connectivity index (χ2n) is 3.77. The van der Waals surface area contributed by atoms with E-state index in [1.54, 1.807) is 0 Å². The van der Waals surface area contributed by atoms with Crippen molar-refractivity contribution in [3.8, 4) is 0 Å². The number of benzene rings is 1. The van der Waals surface area contributed by atoms with Crippen molar-refractivity contribution in [1.29, 1.82) is 0 Å². The molecule has 106 valence electrons. The Morgan fingerprint density at radius 2 is 2.16 bits per heavy atom. The maximum Gasteiger partial charge on any atom is 0.414 e. The van der Waals surface area contributed by atoms with Crippen LogP contribution in [0.2, 0.25) is 0 Å². The highest BCUT2D eigenvalue weighted by Gasteiger charge is 2.36. The normalized spacial score (nSPS) is 13.2.